The Morgan fingerprint density at radius 2 is 1.73 bits per heavy atom. The largest absolute Gasteiger partial charge is 0.493 e. The van der Waals surface area contributed by atoms with Crippen molar-refractivity contribution in [3.8, 4) is 17.2 Å². The average Bonchev–Trinajstić information content (AvgIpc) is 3.32. The van der Waals surface area contributed by atoms with Gasteiger partial charge in [-0.15, -0.1) is 0 Å². The summed E-state index contributed by atoms with van der Waals surface area (Å²) in [5, 5.41) is 21.1. The first-order valence-corrected chi connectivity index (χ1v) is 10.8. The summed E-state index contributed by atoms with van der Waals surface area (Å²) in [5.74, 6) is -0.972. The topological polar surface area (TPSA) is 122 Å². The van der Waals surface area contributed by atoms with Crippen molar-refractivity contribution < 1.29 is 34.1 Å². The molecule has 33 heavy (non-hydrogen) atoms. The number of nitrogens with one attached hydrogen (secondary N) is 1. The number of carbonyl (C=O) groups is 3. The van der Waals surface area contributed by atoms with Crippen LogP contribution in [0.5, 0.6) is 17.2 Å². The summed E-state index contributed by atoms with van der Waals surface area (Å²) in [6.45, 7) is 0. The minimum Gasteiger partial charge on any atom is -0.493 e. The monoisotopic (exact) mass is 453 g/mol. The van der Waals surface area contributed by atoms with Gasteiger partial charge >= 0.3 is 11.9 Å². The lowest BCUT2D eigenvalue weighted by Gasteiger charge is -2.11. The number of hydrogen-bond donors (Lipinski definition) is 3. The molecular formula is C25H27NO7. The Hall–Kier alpha value is -3.81. The molecule has 0 spiro atoms. The molecule has 1 saturated carbocycles. The highest BCUT2D eigenvalue weighted by molar-refractivity contribution is 5.96. The number of hydrogen-bond acceptors (Lipinski definition) is 5. The molecule has 1 aliphatic rings. The van der Waals surface area contributed by atoms with E-state index in [0.29, 0.717) is 29.4 Å². The van der Waals surface area contributed by atoms with Gasteiger partial charge in [0, 0.05) is 6.42 Å². The highest BCUT2D eigenvalue weighted by Crippen LogP contribution is 2.32. The Balaban J connectivity index is 1.65. The van der Waals surface area contributed by atoms with Gasteiger partial charge in [0.1, 0.15) is 11.4 Å². The van der Waals surface area contributed by atoms with Crippen molar-refractivity contribution in [3.63, 3.8) is 0 Å². The number of carboxylic acids is 2. The van der Waals surface area contributed by atoms with Crippen molar-refractivity contribution in [2.45, 2.75) is 38.5 Å². The van der Waals surface area contributed by atoms with Crippen LogP contribution < -0.4 is 14.8 Å². The van der Waals surface area contributed by atoms with E-state index in [4.69, 9.17) is 14.6 Å². The predicted octanol–water partition coefficient (Wildman–Crippen LogP) is 4.70. The molecule has 2 aromatic rings. The number of rotatable bonds is 10. The smallest absolute Gasteiger partial charge is 0.352 e. The minimum atomic E-state index is -1.22. The second-order valence-electron chi connectivity index (χ2n) is 7.94. The highest BCUT2D eigenvalue weighted by atomic mass is 16.5. The van der Waals surface area contributed by atoms with Crippen LogP contribution in [0.15, 0.2) is 48.2 Å². The minimum absolute atomic E-state index is 0.0752. The van der Waals surface area contributed by atoms with E-state index < -0.39 is 11.9 Å². The van der Waals surface area contributed by atoms with Gasteiger partial charge in [-0.3, -0.25) is 4.79 Å². The lowest BCUT2D eigenvalue weighted by atomic mass is 10.0. The molecule has 2 aromatic carbocycles. The van der Waals surface area contributed by atoms with Gasteiger partial charge in [-0.1, -0.05) is 37.8 Å². The number of benzene rings is 2. The van der Waals surface area contributed by atoms with Crippen molar-refractivity contribution in [3.05, 3.63) is 59.3 Å². The first-order chi connectivity index (χ1) is 15.9. The van der Waals surface area contributed by atoms with Crippen molar-refractivity contribution in [2.75, 3.05) is 7.11 Å². The first-order valence-electron chi connectivity index (χ1n) is 10.8. The molecule has 0 bridgehead atoms. The van der Waals surface area contributed by atoms with Gasteiger partial charge in [0.2, 0.25) is 5.91 Å². The van der Waals surface area contributed by atoms with E-state index in [2.05, 4.69) is 5.32 Å². The van der Waals surface area contributed by atoms with E-state index in [-0.39, 0.29) is 22.9 Å². The number of aromatic carboxylic acids is 1. The molecule has 0 radical (unpaired) electrons. The number of methoxy groups -OCH3 is 1. The third-order valence-electron chi connectivity index (χ3n) is 5.59. The fourth-order valence-corrected chi connectivity index (χ4v) is 3.81. The first kappa shape index (κ1) is 23.8. The van der Waals surface area contributed by atoms with E-state index in [1.165, 1.54) is 44.2 Å². The molecule has 1 amide bonds. The average molecular weight is 453 g/mol. The van der Waals surface area contributed by atoms with Gasteiger partial charge in [-0.25, -0.2) is 9.59 Å². The number of carboxylic acid groups (broad SMARTS) is 2. The standard InChI is InChI=1S/C25H27NO7/c1-32-22-15-18(24(28)29)9-12-21(22)33-19-10-6-17(7-11-19)14-20(25(30)31)26-23(27)13-8-16-4-2-3-5-16/h6-7,9-12,14-16H,2-5,8,13H2,1H3,(H,26,27)(H,28,29)(H,30,31)/b20-14+. The molecule has 0 heterocycles. The van der Waals surface area contributed by atoms with Crippen LogP contribution >= 0.6 is 0 Å². The third-order valence-corrected chi connectivity index (χ3v) is 5.59. The zero-order chi connectivity index (χ0) is 23.8. The lowest BCUT2D eigenvalue weighted by molar-refractivity contribution is -0.134. The summed E-state index contributed by atoms with van der Waals surface area (Å²) in [5.41, 5.74) is 0.459. The van der Waals surface area contributed by atoms with Gasteiger partial charge in [0.15, 0.2) is 11.5 Å². The van der Waals surface area contributed by atoms with Crippen LogP contribution in [0.3, 0.4) is 0 Å². The Labute approximate surface area is 191 Å². The van der Waals surface area contributed by atoms with Crippen molar-refractivity contribution >= 4 is 23.9 Å². The van der Waals surface area contributed by atoms with Crippen LogP contribution in [-0.2, 0) is 9.59 Å². The number of amides is 1. The van der Waals surface area contributed by atoms with Gasteiger partial charge in [-0.2, -0.15) is 0 Å². The molecule has 174 valence electrons. The van der Waals surface area contributed by atoms with E-state index in [1.54, 1.807) is 24.3 Å². The Morgan fingerprint density at radius 1 is 1.03 bits per heavy atom. The Bertz CT molecular complexity index is 1040. The van der Waals surface area contributed by atoms with E-state index in [1.807, 2.05) is 0 Å². The fourth-order valence-electron chi connectivity index (χ4n) is 3.81. The summed E-state index contributed by atoms with van der Waals surface area (Å²) < 4.78 is 11.0. The van der Waals surface area contributed by atoms with Gasteiger partial charge in [0.05, 0.1) is 12.7 Å². The number of carbonyl (C=O) groups excluding carboxylic acids is 1. The quantitative estimate of drug-likeness (QED) is 0.446. The van der Waals surface area contributed by atoms with Crippen LogP contribution in [-0.4, -0.2) is 35.2 Å². The van der Waals surface area contributed by atoms with Crippen LogP contribution in [0.2, 0.25) is 0 Å². The molecule has 8 nitrogen and oxygen atoms in total. The van der Waals surface area contributed by atoms with Gasteiger partial charge in [-0.05, 0) is 54.3 Å². The number of ether oxygens (including phenoxy) is 2. The molecule has 1 fully saturated rings. The Kier molecular flexibility index (Phi) is 8.07. The summed E-state index contributed by atoms with van der Waals surface area (Å²) in [6.07, 6.45) is 7.16. The molecule has 8 heteroatoms. The normalized spacial score (nSPS) is 14.0. The molecule has 1 aliphatic carbocycles. The van der Waals surface area contributed by atoms with E-state index in [0.717, 1.165) is 19.3 Å². The summed E-state index contributed by atoms with van der Waals surface area (Å²) in [7, 11) is 1.41. The lowest BCUT2D eigenvalue weighted by Crippen LogP contribution is -2.27. The fraction of sp³-hybridized carbons (Fsp3) is 0.320. The van der Waals surface area contributed by atoms with Gasteiger partial charge < -0.3 is 25.0 Å². The molecule has 0 saturated heterocycles. The van der Waals surface area contributed by atoms with Crippen LogP contribution in [0.1, 0.15) is 54.4 Å². The van der Waals surface area contributed by atoms with Crippen LogP contribution in [0.4, 0.5) is 0 Å². The van der Waals surface area contributed by atoms with E-state index in [9.17, 15) is 19.5 Å². The van der Waals surface area contributed by atoms with Crippen molar-refractivity contribution in [1.29, 1.82) is 0 Å². The summed E-state index contributed by atoms with van der Waals surface area (Å²) in [6, 6.07) is 10.9. The molecule has 0 unspecified atom stereocenters. The summed E-state index contributed by atoms with van der Waals surface area (Å²) >= 11 is 0. The maximum absolute atomic E-state index is 12.2. The van der Waals surface area contributed by atoms with E-state index >= 15 is 0 Å². The molecular weight excluding hydrogens is 426 g/mol. The number of aliphatic carboxylic acids is 1. The predicted molar refractivity (Wildman–Crippen MR) is 121 cm³/mol. The highest BCUT2D eigenvalue weighted by Gasteiger charge is 2.18. The zero-order valence-corrected chi connectivity index (χ0v) is 18.4. The molecule has 3 N–H and O–H groups in total. The molecule has 0 aliphatic heterocycles. The molecule has 3 rings (SSSR count). The molecule has 0 aromatic heterocycles. The maximum atomic E-state index is 12.2. The second kappa shape index (κ2) is 11.2. The maximum Gasteiger partial charge on any atom is 0.352 e. The Morgan fingerprint density at radius 3 is 2.33 bits per heavy atom. The van der Waals surface area contributed by atoms with Crippen LogP contribution in [0.25, 0.3) is 6.08 Å². The second-order valence-corrected chi connectivity index (χ2v) is 7.94. The third kappa shape index (κ3) is 6.83. The van der Waals surface area contributed by atoms with Crippen LogP contribution in [0, 0.1) is 5.92 Å². The summed E-state index contributed by atoms with van der Waals surface area (Å²) in [4.78, 5) is 34.9. The van der Waals surface area contributed by atoms with Crippen molar-refractivity contribution in [1.82, 2.24) is 5.32 Å². The van der Waals surface area contributed by atoms with Gasteiger partial charge in [0.25, 0.3) is 0 Å². The molecule has 0 atom stereocenters. The zero-order valence-electron chi connectivity index (χ0n) is 18.4. The SMILES string of the molecule is COc1cc(C(=O)O)ccc1Oc1ccc(/C=C(/NC(=O)CCC2CCCC2)C(=O)O)cc1. The van der Waals surface area contributed by atoms with Crippen molar-refractivity contribution in [2.24, 2.45) is 5.92 Å².